The van der Waals surface area contributed by atoms with Crippen molar-refractivity contribution < 1.29 is 9.18 Å². The van der Waals surface area contributed by atoms with E-state index in [1.165, 1.54) is 12.1 Å². The zero-order valence-electron chi connectivity index (χ0n) is 12.9. The fourth-order valence-electron chi connectivity index (χ4n) is 2.55. The van der Waals surface area contributed by atoms with E-state index in [1.54, 1.807) is 6.07 Å². The second kappa shape index (κ2) is 7.52. The number of carbonyl (C=O) groups is 1. The third-order valence-corrected chi connectivity index (χ3v) is 3.69. The van der Waals surface area contributed by atoms with Crippen molar-refractivity contribution in [3.05, 3.63) is 71.0 Å². The molecule has 1 unspecified atom stereocenters. The lowest BCUT2D eigenvalue weighted by molar-refractivity contribution is -0.119. The van der Waals surface area contributed by atoms with Crippen LogP contribution in [0.1, 0.15) is 29.2 Å². The minimum atomic E-state index is -0.532. The van der Waals surface area contributed by atoms with Gasteiger partial charge in [-0.05, 0) is 30.3 Å². The molecule has 4 nitrogen and oxygen atoms in total. The summed E-state index contributed by atoms with van der Waals surface area (Å²) in [6.45, 7) is 0.474. The van der Waals surface area contributed by atoms with E-state index in [0.29, 0.717) is 6.54 Å². The molecule has 23 heavy (non-hydrogen) atoms. The molecule has 0 bridgehead atoms. The highest BCUT2D eigenvalue weighted by atomic mass is 19.1. The zero-order valence-corrected chi connectivity index (χ0v) is 12.9. The molecular weight excluding hydrogens is 293 g/mol. The van der Waals surface area contributed by atoms with E-state index in [-0.39, 0.29) is 23.9 Å². The highest BCUT2D eigenvalue weighted by Gasteiger charge is 2.19. The van der Waals surface area contributed by atoms with Crippen molar-refractivity contribution in [3.8, 4) is 6.07 Å². The average molecular weight is 311 g/mol. The molecule has 5 heteroatoms. The quantitative estimate of drug-likeness (QED) is 0.891. The summed E-state index contributed by atoms with van der Waals surface area (Å²) in [4.78, 5) is 13.4. The lowest BCUT2D eigenvalue weighted by Crippen LogP contribution is -2.28. The van der Waals surface area contributed by atoms with Crippen LogP contribution in [0.5, 0.6) is 0 Å². The Balaban J connectivity index is 2.23. The molecule has 0 saturated heterocycles. The zero-order chi connectivity index (χ0) is 16.8. The molecule has 0 fully saturated rings. The van der Waals surface area contributed by atoms with Crippen molar-refractivity contribution >= 4 is 5.91 Å². The molecule has 118 valence electrons. The van der Waals surface area contributed by atoms with E-state index in [0.717, 1.165) is 11.1 Å². The number of nitrogens with two attached hydrogens (primary N) is 1. The van der Waals surface area contributed by atoms with Gasteiger partial charge < -0.3 is 5.73 Å². The third-order valence-electron chi connectivity index (χ3n) is 3.69. The maximum absolute atomic E-state index is 13.4. The molecule has 1 atom stereocenters. The number of primary amides is 1. The van der Waals surface area contributed by atoms with Crippen LogP contribution in [0.4, 0.5) is 4.39 Å². The van der Waals surface area contributed by atoms with Gasteiger partial charge in [-0.25, -0.2) is 4.39 Å². The first-order chi connectivity index (χ1) is 11.0. The largest absolute Gasteiger partial charge is 0.370 e. The molecule has 0 spiro atoms. The number of nitrogens with zero attached hydrogens (tertiary/aromatic N) is 2. The predicted molar refractivity (Wildman–Crippen MR) is 85.6 cm³/mol. The molecule has 0 saturated carbocycles. The lowest BCUT2D eigenvalue weighted by Gasteiger charge is -2.27. The summed E-state index contributed by atoms with van der Waals surface area (Å²) in [5.74, 6) is -0.918. The summed E-state index contributed by atoms with van der Waals surface area (Å²) in [5, 5.41) is 8.92. The number of halogens is 1. The van der Waals surface area contributed by atoms with Gasteiger partial charge in [-0.3, -0.25) is 9.69 Å². The Hall–Kier alpha value is -2.71. The van der Waals surface area contributed by atoms with Gasteiger partial charge in [0.2, 0.25) is 5.91 Å². The van der Waals surface area contributed by atoms with Gasteiger partial charge in [0.25, 0.3) is 0 Å². The minimum absolute atomic E-state index is 0.0158. The summed E-state index contributed by atoms with van der Waals surface area (Å²) < 4.78 is 13.4. The van der Waals surface area contributed by atoms with Crippen LogP contribution in [-0.2, 0) is 11.3 Å². The predicted octanol–water partition coefficient (Wildman–Crippen LogP) is 2.75. The molecule has 0 radical (unpaired) electrons. The molecule has 0 aliphatic rings. The number of nitriles is 1. The molecule has 2 aromatic rings. The van der Waals surface area contributed by atoms with Gasteiger partial charge in [0.05, 0.1) is 5.56 Å². The first-order valence-corrected chi connectivity index (χ1v) is 7.23. The summed E-state index contributed by atoms with van der Waals surface area (Å²) >= 11 is 0. The van der Waals surface area contributed by atoms with Gasteiger partial charge in [-0.15, -0.1) is 0 Å². The van der Waals surface area contributed by atoms with Crippen molar-refractivity contribution in [2.75, 3.05) is 7.05 Å². The standard InChI is InChI=1S/C18H18FN3O/c1-22(12-13-7-8-16(19)15(9-13)11-20)17(10-18(21)23)14-5-3-2-4-6-14/h2-9,17H,10,12H2,1H3,(H2,21,23). The van der Waals surface area contributed by atoms with Crippen molar-refractivity contribution in [1.29, 1.82) is 5.26 Å². The van der Waals surface area contributed by atoms with Crippen molar-refractivity contribution in [2.24, 2.45) is 5.73 Å². The lowest BCUT2D eigenvalue weighted by atomic mass is 10.0. The molecular formula is C18H18FN3O. The number of hydrogen-bond donors (Lipinski definition) is 1. The van der Waals surface area contributed by atoms with Crippen LogP contribution in [0, 0.1) is 17.1 Å². The Kier molecular flexibility index (Phi) is 5.45. The fourth-order valence-corrected chi connectivity index (χ4v) is 2.55. The molecule has 0 aliphatic heterocycles. The smallest absolute Gasteiger partial charge is 0.219 e. The van der Waals surface area contributed by atoms with Gasteiger partial charge in [0.15, 0.2) is 0 Å². The van der Waals surface area contributed by atoms with E-state index in [1.807, 2.05) is 48.3 Å². The van der Waals surface area contributed by atoms with E-state index >= 15 is 0 Å². The first kappa shape index (κ1) is 16.7. The first-order valence-electron chi connectivity index (χ1n) is 7.23. The molecule has 2 rings (SSSR count). The Bertz CT molecular complexity index is 725. The number of rotatable bonds is 6. The van der Waals surface area contributed by atoms with Gasteiger partial charge in [-0.1, -0.05) is 36.4 Å². The van der Waals surface area contributed by atoms with Crippen LogP contribution in [0.2, 0.25) is 0 Å². The van der Waals surface area contributed by atoms with Crippen LogP contribution in [0.25, 0.3) is 0 Å². The SMILES string of the molecule is CN(Cc1ccc(F)c(C#N)c1)C(CC(N)=O)c1ccccc1. The van der Waals surface area contributed by atoms with Crippen molar-refractivity contribution in [2.45, 2.75) is 19.0 Å². The third kappa shape index (κ3) is 4.38. The van der Waals surface area contributed by atoms with E-state index in [4.69, 9.17) is 11.0 Å². The second-order valence-corrected chi connectivity index (χ2v) is 5.44. The number of hydrogen-bond acceptors (Lipinski definition) is 3. The normalized spacial score (nSPS) is 11.9. The van der Waals surface area contributed by atoms with Crippen molar-refractivity contribution in [3.63, 3.8) is 0 Å². The summed E-state index contributed by atoms with van der Waals surface area (Å²) in [6, 6.07) is 15.7. The van der Waals surface area contributed by atoms with Crippen LogP contribution >= 0.6 is 0 Å². The highest BCUT2D eigenvalue weighted by Crippen LogP contribution is 2.24. The Labute approximate surface area is 134 Å². The summed E-state index contributed by atoms with van der Waals surface area (Å²) in [5.41, 5.74) is 7.17. The second-order valence-electron chi connectivity index (χ2n) is 5.44. The number of amides is 1. The van der Waals surface area contributed by atoms with Gasteiger partial charge in [0, 0.05) is 19.0 Å². The molecule has 0 aromatic heterocycles. The van der Waals surface area contributed by atoms with E-state index in [9.17, 15) is 9.18 Å². The van der Waals surface area contributed by atoms with Crippen LogP contribution in [0.3, 0.4) is 0 Å². The van der Waals surface area contributed by atoms with Gasteiger partial charge >= 0.3 is 0 Å². The monoisotopic (exact) mass is 311 g/mol. The molecule has 2 N–H and O–H groups in total. The maximum Gasteiger partial charge on any atom is 0.219 e. The van der Waals surface area contributed by atoms with E-state index in [2.05, 4.69) is 0 Å². The Morgan fingerprint density at radius 3 is 2.61 bits per heavy atom. The Morgan fingerprint density at radius 2 is 2.00 bits per heavy atom. The van der Waals surface area contributed by atoms with Crippen LogP contribution in [0.15, 0.2) is 48.5 Å². The molecule has 1 amide bonds. The Morgan fingerprint density at radius 1 is 1.30 bits per heavy atom. The molecule has 0 aliphatic carbocycles. The average Bonchev–Trinajstić information content (AvgIpc) is 2.55. The topological polar surface area (TPSA) is 70.1 Å². The van der Waals surface area contributed by atoms with Gasteiger partial charge in [0.1, 0.15) is 11.9 Å². The van der Waals surface area contributed by atoms with Crippen molar-refractivity contribution in [1.82, 2.24) is 4.90 Å². The van der Waals surface area contributed by atoms with Crippen LogP contribution in [-0.4, -0.2) is 17.9 Å². The summed E-state index contributed by atoms with van der Waals surface area (Å²) in [7, 11) is 1.87. The number of carbonyl (C=O) groups excluding carboxylic acids is 1. The van der Waals surface area contributed by atoms with E-state index < -0.39 is 5.82 Å². The van der Waals surface area contributed by atoms with Crippen LogP contribution < -0.4 is 5.73 Å². The number of benzene rings is 2. The summed E-state index contributed by atoms with van der Waals surface area (Å²) in [6.07, 6.45) is 0.187. The molecule has 0 heterocycles. The van der Waals surface area contributed by atoms with Gasteiger partial charge in [-0.2, -0.15) is 5.26 Å². The maximum atomic E-state index is 13.4. The molecule has 2 aromatic carbocycles. The highest BCUT2D eigenvalue weighted by molar-refractivity contribution is 5.74. The minimum Gasteiger partial charge on any atom is -0.370 e. The fraction of sp³-hybridized carbons (Fsp3) is 0.222.